The number of nitrogens with one attached hydrogen (secondary N) is 1. The van der Waals surface area contributed by atoms with Gasteiger partial charge in [-0.15, -0.1) is 0 Å². The number of rotatable bonds is 4. The third-order valence-corrected chi connectivity index (χ3v) is 4.09. The lowest BCUT2D eigenvalue weighted by Gasteiger charge is -2.11. The first-order valence-electron chi connectivity index (χ1n) is 7.89. The molecule has 3 rings (SSSR count). The number of amides is 1. The number of carbonyl (C=O) groups is 1. The number of benzene rings is 2. The minimum atomic E-state index is -0.767. The standard InChI is InChI=1S/C19H16ClN3O3/c1-13-5-2-3-8-16(13)23-10-9-22(18(25)19(23)26)12-17(24)21-15-7-4-6-14(20)11-15/h2-11H,12H2,1H3,(H,21,24). The quantitative estimate of drug-likeness (QED) is 0.718. The van der Waals surface area contributed by atoms with Gasteiger partial charge in [0.1, 0.15) is 6.54 Å². The fraction of sp³-hybridized carbons (Fsp3) is 0.105. The van der Waals surface area contributed by atoms with Crippen LogP contribution in [0.25, 0.3) is 5.69 Å². The third-order valence-electron chi connectivity index (χ3n) is 3.86. The molecule has 0 aliphatic carbocycles. The first-order valence-corrected chi connectivity index (χ1v) is 8.27. The molecule has 6 nitrogen and oxygen atoms in total. The zero-order chi connectivity index (χ0) is 18.7. The van der Waals surface area contributed by atoms with Gasteiger partial charge in [0.15, 0.2) is 0 Å². The van der Waals surface area contributed by atoms with E-state index in [9.17, 15) is 14.4 Å². The summed E-state index contributed by atoms with van der Waals surface area (Å²) in [5.74, 6) is -0.428. The zero-order valence-electron chi connectivity index (χ0n) is 14.0. The molecule has 0 saturated carbocycles. The van der Waals surface area contributed by atoms with Crippen molar-refractivity contribution in [2.24, 2.45) is 0 Å². The summed E-state index contributed by atoms with van der Waals surface area (Å²) in [5, 5.41) is 3.13. The van der Waals surface area contributed by atoms with E-state index in [1.54, 1.807) is 36.4 Å². The van der Waals surface area contributed by atoms with Crippen LogP contribution in [0, 0.1) is 6.92 Å². The molecule has 0 atom stereocenters. The SMILES string of the molecule is Cc1ccccc1-n1ccn(CC(=O)Nc2cccc(Cl)c2)c(=O)c1=O. The number of halogens is 1. The van der Waals surface area contributed by atoms with Crippen LogP contribution >= 0.6 is 11.6 Å². The van der Waals surface area contributed by atoms with Crippen molar-refractivity contribution in [3.8, 4) is 5.69 Å². The van der Waals surface area contributed by atoms with Crippen LogP contribution in [-0.4, -0.2) is 15.0 Å². The van der Waals surface area contributed by atoms with Crippen LogP contribution in [-0.2, 0) is 11.3 Å². The highest BCUT2D eigenvalue weighted by atomic mass is 35.5. The summed E-state index contributed by atoms with van der Waals surface area (Å²) in [6, 6.07) is 13.9. The van der Waals surface area contributed by atoms with Gasteiger partial charge in [-0.05, 0) is 36.8 Å². The van der Waals surface area contributed by atoms with E-state index >= 15 is 0 Å². The highest BCUT2D eigenvalue weighted by Crippen LogP contribution is 2.14. The van der Waals surface area contributed by atoms with Crippen molar-refractivity contribution in [2.75, 3.05) is 5.32 Å². The van der Waals surface area contributed by atoms with Gasteiger partial charge in [-0.3, -0.25) is 23.5 Å². The Bertz CT molecular complexity index is 1090. The van der Waals surface area contributed by atoms with Crippen molar-refractivity contribution in [1.29, 1.82) is 0 Å². The lowest BCUT2D eigenvalue weighted by molar-refractivity contribution is -0.116. The minimum Gasteiger partial charge on any atom is -0.324 e. The average Bonchev–Trinajstić information content (AvgIpc) is 2.60. The number of hydrogen-bond acceptors (Lipinski definition) is 3. The van der Waals surface area contributed by atoms with Gasteiger partial charge in [0.25, 0.3) is 0 Å². The average molecular weight is 370 g/mol. The molecular formula is C19H16ClN3O3. The van der Waals surface area contributed by atoms with E-state index in [0.29, 0.717) is 16.4 Å². The molecule has 0 fully saturated rings. The highest BCUT2D eigenvalue weighted by molar-refractivity contribution is 6.30. The molecule has 0 radical (unpaired) electrons. The van der Waals surface area contributed by atoms with Gasteiger partial charge >= 0.3 is 11.1 Å². The van der Waals surface area contributed by atoms with E-state index in [1.807, 2.05) is 19.1 Å². The lowest BCUT2D eigenvalue weighted by Crippen LogP contribution is -2.41. The summed E-state index contributed by atoms with van der Waals surface area (Å²) >= 11 is 5.87. The predicted octanol–water partition coefficient (Wildman–Crippen LogP) is 2.60. The summed E-state index contributed by atoms with van der Waals surface area (Å²) < 4.78 is 2.36. The highest BCUT2D eigenvalue weighted by Gasteiger charge is 2.11. The second kappa shape index (κ2) is 7.41. The summed E-state index contributed by atoms with van der Waals surface area (Å²) in [4.78, 5) is 36.9. The van der Waals surface area contributed by atoms with Gasteiger partial charge in [0.05, 0.1) is 5.69 Å². The molecule has 0 saturated heterocycles. The number of aromatic nitrogens is 2. The molecule has 1 heterocycles. The Labute approximate surface area is 154 Å². The normalized spacial score (nSPS) is 10.5. The molecule has 132 valence electrons. The Hall–Kier alpha value is -3.12. The van der Waals surface area contributed by atoms with Crippen LogP contribution in [0.1, 0.15) is 5.56 Å². The van der Waals surface area contributed by atoms with Crippen LogP contribution in [0.15, 0.2) is 70.5 Å². The molecule has 0 aliphatic heterocycles. The van der Waals surface area contributed by atoms with E-state index in [0.717, 1.165) is 10.1 Å². The summed E-state index contributed by atoms with van der Waals surface area (Å²) in [5.41, 5.74) is 0.536. The zero-order valence-corrected chi connectivity index (χ0v) is 14.7. The number of aryl methyl sites for hydroxylation is 1. The number of carbonyl (C=O) groups excluding carboxylic acids is 1. The maximum Gasteiger partial charge on any atom is 0.320 e. The largest absolute Gasteiger partial charge is 0.324 e. The maximum atomic E-state index is 12.4. The Morgan fingerprint density at radius 2 is 1.81 bits per heavy atom. The molecular weight excluding hydrogens is 354 g/mol. The molecule has 0 unspecified atom stereocenters. The molecule has 0 spiro atoms. The molecule has 0 aliphatic rings. The predicted molar refractivity (Wildman–Crippen MR) is 101 cm³/mol. The lowest BCUT2D eigenvalue weighted by atomic mass is 10.2. The number of nitrogens with zero attached hydrogens (tertiary/aromatic N) is 2. The van der Waals surface area contributed by atoms with E-state index < -0.39 is 17.0 Å². The molecule has 3 aromatic rings. The Balaban J connectivity index is 1.85. The third kappa shape index (κ3) is 3.75. The smallest absolute Gasteiger partial charge is 0.320 e. The molecule has 1 N–H and O–H groups in total. The number of para-hydroxylation sites is 1. The molecule has 1 amide bonds. The van der Waals surface area contributed by atoms with Crippen LogP contribution < -0.4 is 16.4 Å². The summed E-state index contributed by atoms with van der Waals surface area (Å²) in [7, 11) is 0. The molecule has 2 aromatic carbocycles. The van der Waals surface area contributed by atoms with Crippen LogP contribution in [0.5, 0.6) is 0 Å². The van der Waals surface area contributed by atoms with E-state index in [2.05, 4.69) is 5.32 Å². The van der Waals surface area contributed by atoms with Gasteiger partial charge in [-0.1, -0.05) is 35.9 Å². The number of anilines is 1. The molecule has 26 heavy (non-hydrogen) atoms. The first-order chi connectivity index (χ1) is 12.5. The first kappa shape index (κ1) is 17.7. The van der Waals surface area contributed by atoms with E-state index in [1.165, 1.54) is 17.0 Å². The van der Waals surface area contributed by atoms with Gasteiger partial charge in [0, 0.05) is 23.1 Å². The second-order valence-electron chi connectivity index (χ2n) is 5.75. The van der Waals surface area contributed by atoms with Gasteiger partial charge < -0.3 is 5.32 Å². The molecule has 7 heteroatoms. The van der Waals surface area contributed by atoms with Crippen molar-refractivity contribution in [3.05, 3.63) is 92.2 Å². The second-order valence-corrected chi connectivity index (χ2v) is 6.19. The van der Waals surface area contributed by atoms with Crippen molar-refractivity contribution in [1.82, 2.24) is 9.13 Å². The van der Waals surface area contributed by atoms with Crippen molar-refractivity contribution in [2.45, 2.75) is 13.5 Å². The summed E-state index contributed by atoms with van der Waals surface area (Å²) in [6.45, 7) is 1.58. The maximum absolute atomic E-state index is 12.4. The molecule has 1 aromatic heterocycles. The van der Waals surface area contributed by atoms with E-state index in [-0.39, 0.29) is 6.54 Å². The fourth-order valence-corrected chi connectivity index (χ4v) is 2.77. The van der Waals surface area contributed by atoms with Gasteiger partial charge in [0.2, 0.25) is 5.91 Å². The summed E-state index contributed by atoms with van der Waals surface area (Å²) in [6.07, 6.45) is 2.91. The Kier molecular flexibility index (Phi) is 5.04. The van der Waals surface area contributed by atoms with Crippen molar-refractivity contribution >= 4 is 23.2 Å². The number of hydrogen-bond donors (Lipinski definition) is 1. The van der Waals surface area contributed by atoms with Crippen LogP contribution in [0.2, 0.25) is 5.02 Å². The molecule has 0 bridgehead atoms. The van der Waals surface area contributed by atoms with Crippen LogP contribution in [0.4, 0.5) is 5.69 Å². The Morgan fingerprint density at radius 3 is 2.54 bits per heavy atom. The van der Waals surface area contributed by atoms with Crippen molar-refractivity contribution in [3.63, 3.8) is 0 Å². The fourth-order valence-electron chi connectivity index (χ4n) is 2.58. The minimum absolute atomic E-state index is 0.269. The van der Waals surface area contributed by atoms with Crippen molar-refractivity contribution < 1.29 is 4.79 Å². The van der Waals surface area contributed by atoms with Gasteiger partial charge in [-0.2, -0.15) is 0 Å². The van der Waals surface area contributed by atoms with Gasteiger partial charge in [-0.25, -0.2) is 0 Å². The van der Waals surface area contributed by atoms with E-state index in [4.69, 9.17) is 11.6 Å². The topological polar surface area (TPSA) is 73.1 Å². The Morgan fingerprint density at radius 1 is 1.04 bits per heavy atom. The van der Waals surface area contributed by atoms with Crippen LogP contribution in [0.3, 0.4) is 0 Å². The monoisotopic (exact) mass is 369 g/mol.